The fourth-order valence-corrected chi connectivity index (χ4v) is 3.32. The van der Waals surface area contributed by atoms with Crippen molar-refractivity contribution in [3.8, 4) is 11.5 Å². The molecule has 6 nitrogen and oxygen atoms in total. The molecule has 0 bridgehead atoms. The van der Waals surface area contributed by atoms with Gasteiger partial charge in [0.25, 0.3) is 0 Å². The molecule has 2 aromatic carbocycles. The van der Waals surface area contributed by atoms with Crippen LogP contribution in [0.15, 0.2) is 51.8 Å². The van der Waals surface area contributed by atoms with E-state index in [1.807, 2.05) is 45.0 Å². The summed E-state index contributed by atoms with van der Waals surface area (Å²) in [6.07, 6.45) is 0. The summed E-state index contributed by atoms with van der Waals surface area (Å²) in [4.78, 5) is 0.217. The van der Waals surface area contributed by atoms with Crippen molar-refractivity contribution >= 4 is 10.0 Å². The van der Waals surface area contributed by atoms with Crippen molar-refractivity contribution in [1.82, 2.24) is 14.9 Å². The number of aryl methyl sites for hydroxylation is 3. The third kappa shape index (κ3) is 3.94. The van der Waals surface area contributed by atoms with Crippen molar-refractivity contribution in [2.24, 2.45) is 0 Å². The Morgan fingerprint density at radius 1 is 0.960 bits per heavy atom. The Morgan fingerprint density at radius 2 is 1.68 bits per heavy atom. The predicted molar refractivity (Wildman–Crippen MR) is 94.4 cm³/mol. The Labute approximate surface area is 147 Å². The van der Waals surface area contributed by atoms with E-state index < -0.39 is 10.0 Å². The van der Waals surface area contributed by atoms with Crippen molar-refractivity contribution < 1.29 is 12.8 Å². The number of benzene rings is 2. The maximum Gasteiger partial charge on any atom is 0.247 e. The van der Waals surface area contributed by atoms with Gasteiger partial charge in [0.1, 0.15) is 0 Å². The van der Waals surface area contributed by atoms with Crippen molar-refractivity contribution in [1.29, 1.82) is 0 Å². The number of nitrogens with one attached hydrogen (secondary N) is 1. The van der Waals surface area contributed by atoms with Gasteiger partial charge in [0.15, 0.2) is 0 Å². The third-order valence-corrected chi connectivity index (χ3v) is 5.37. The second-order valence-electron chi connectivity index (χ2n) is 5.94. The lowest BCUT2D eigenvalue weighted by Crippen LogP contribution is -2.23. The summed E-state index contributed by atoms with van der Waals surface area (Å²) in [5, 5.41) is 7.86. The maximum atomic E-state index is 12.4. The molecule has 0 spiro atoms. The van der Waals surface area contributed by atoms with E-state index in [-0.39, 0.29) is 17.3 Å². The predicted octanol–water partition coefficient (Wildman–Crippen LogP) is 3.14. The molecule has 0 aliphatic rings. The Bertz CT molecular complexity index is 993. The first-order valence-electron chi connectivity index (χ1n) is 7.81. The smallest absolute Gasteiger partial charge is 0.247 e. The van der Waals surface area contributed by atoms with Gasteiger partial charge in [-0.05, 0) is 56.2 Å². The van der Waals surface area contributed by atoms with Gasteiger partial charge in [0, 0.05) is 5.56 Å². The highest BCUT2D eigenvalue weighted by atomic mass is 32.2. The quantitative estimate of drug-likeness (QED) is 0.758. The lowest BCUT2D eigenvalue weighted by Gasteiger charge is -2.07. The van der Waals surface area contributed by atoms with Crippen molar-refractivity contribution in [3.63, 3.8) is 0 Å². The van der Waals surface area contributed by atoms with Crippen LogP contribution >= 0.6 is 0 Å². The highest BCUT2D eigenvalue weighted by Crippen LogP contribution is 2.19. The molecule has 0 aliphatic heterocycles. The van der Waals surface area contributed by atoms with Crippen LogP contribution in [0.3, 0.4) is 0 Å². The van der Waals surface area contributed by atoms with E-state index in [2.05, 4.69) is 14.9 Å². The molecular weight excluding hydrogens is 338 g/mol. The van der Waals surface area contributed by atoms with Crippen LogP contribution in [-0.2, 0) is 16.6 Å². The molecule has 0 saturated carbocycles. The minimum absolute atomic E-state index is 0.0614. The maximum absolute atomic E-state index is 12.4. The standard InChI is InChI=1S/C18H19N3O3S/c1-12-4-7-15(8-5-12)18-21-20-17(24-18)11-19-25(22,23)16-9-6-13(2)14(3)10-16/h4-10,19H,11H2,1-3H3. The first-order valence-corrected chi connectivity index (χ1v) is 9.30. The molecule has 0 saturated heterocycles. The van der Waals surface area contributed by atoms with Crippen LogP contribution in [0.4, 0.5) is 0 Å². The molecule has 0 amide bonds. The van der Waals surface area contributed by atoms with Gasteiger partial charge in [-0.1, -0.05) is 23.8 Å². The number of hydrogen-bond donors (Lipinski definition) is 1. The normalized spacial score (nSPS) is 11.6. The van der Waals surface area contributed by atoms with Gasteiger partial charge in [-0.25, -0.2) is 13.1 Å². The van der Waals surface area contributed by atoms with E-state index in [1.54, 1.807) is 18.2 Å². The van der Waals surface area contributed by atoms with E-state index in [9.17, 15) is 8.42 Å². The summed E-state index contributed by atoms with van der Waals surface area (Å²) >= 11 is 0. The lowest BCUT2D eigenvalue weighted by atomic mass is 10.1. The molecule has 25 heavy (non-hydrogen) atoms. The summed E-state index contributed by atoms with van der Waals surface area (Å²) in [5.74, 6) is 0.573. The second kappa shape index (κ2) is 6.78. The topological polar surface area (TPSA) is 85.1 Å². The third-order valence-electron chi connectivity index (χ3n) is 3.97. The van der Waals surface area contributed by atoms with E-state index in [0.29, 0.717) is 5.89 Å². The fraction of sp³-hybridized carbons (Fsp3) is 0.222. The van der Waals surface area contributed by atoms with Crippen LogP contribution < -0.4 is 4.72 Å². The lowest BCUT2D eigenvalue weighted by molar-refractivity contribution is 0.494. The van der Waals surface area contributed by atoms with Crippen LogP contribution in [0.2, 0.25) is 0 Å². The molecule has 0 unspecified atom stereocenters. The number of aromatic nitrogens is 2. The molecular formula is C18H19N3O3S. The summed E-state index contributed by atoms with van der Waals surface area (Å²) in [6, 6.07) is 12.7. The Hall–Kier alpha value is -2.51. The van der Waals surface area contributed by atoms with Gasteiger partial charge in [0.05, 0.1) is 11.4 Å². The molecule has 3 rings (SSSR count). The average Bonchev–Trinajstić information content (AvgIpc) is 3.05. The van der Waals surface area contributed by atoms with Crippen LogP contribution in [0.1, 0.15) is 22.6 Å². The van der Waals surface area contributed by atoms with E-state index in [0.717, 1.165) is 22.3 Å². The number of hydrogen-bond acceptors (Lipinski definition) is 5. The molecule has 1 aromatic heterocycles. The van der Waals surface area contributed by atoms with Crippen LogP contribution in [0.25, 0.3) is 11.5 Å². The Morgan fingerprint density at radius 3 is 2.36 bits per heavy atom. The van der Waals surface area contributed by atoms with Gasteiger partial charge < -0.3 is 4.42 Å². The molecule has 0 atom stereocenters. The molecule has 0 fully saturated rings. The van der Waals surface area contributed by atoms with Crippen LogP contribution in [0.5, 0.6) is 0 Å². The van der Waals surface area contributed by atoms with Crippen LogP contribution in [-0.4, -0.2) is 18.6 Å². The monoisotopic (exact) mass is 357 g/mol. The highest BCUT2D eigenvalue weighted by Gasteiger charge is 2.16. The Kier molecular flexibility index (Phi) is 4.69. The highest BCUT2D eigenvalue weighted by molar-refractivity contribution is 7.89. The van der Waals surface area contributed by atoms with E-state index in [4.69, 9.17) is 4.42 Å². The summed E-state index contributed by atoms with van der Waals surface area (Å²) in [5.41, 5.74) is 3.88. The number of rotatable bonds is 5. The van der Waals surface area contributed by atoms with Gasteiger partial charge in [-0.15, -0.1) is 10.2 Å². The summed E-state index contributed by atoms with van der Waals surface area (Å²) in [7, 11) is -3.64. The van der Waals surface area contributed by atoms with Crippen molar-refractivity contribution in [3.05, 3.63) is 65.0 Å². The summed E-state index contributed by atoms with van der Waals surface area (Å²) < 4.78 is 32.8. The fourth-order valence-electron chi connectivity index (χ4n) is 2.26. The number of sulfonamides is 1. The molecule has 130 valence electrons. The van der Waals surface area contributed by atoms with Crippen molar-refractivity contribution in [2.75, 3.05) is 0 Å². The van der Waals surface area contributed by atoms with Gasteiger partial charge in [0.2, 0.25) is 21.8 Å². The molecule has 1 N–H and O–H groups in total. The molecule has 7 heteroatoms. The van der Waals surface area contributed by atoms with E-state index in [1.165, 1.54) is 0 Å². The minimum Gasteiger partial charge on any atom is -0.419 e. The average molecular weight is 357 g/mol. The van der Waals surface area contributed by atoms with Crippen molar-refractivity contribution in [2.45, 2.75) is 32.2 Å². The zero-order valence-corrected chi connectivity index (χ0v) is 15.1. The van der Waals surface area contributed by atoms with Crippen LogP contribution in [0, 0.1) is 20.8 Å². The second-order valence-corrected chi connectivity index (χ2v) is 7.70. The van der Waals surface area contributed by atoms with Gasteiger partial charge in [-0.3, -0.25) is 0 Å². The zero-order valence-electron chi connectivity index (χ0n) is 14.3. The molecule has 0 radical (unpaired) electrons. The largest absolute Gasteiger partial charge is 0.419 e. The first-order chi connectivity index (χ1) is 11.8. The van der Waals surface area contributed by atoms with E-state index >= 15 is 0 Å². The summed E-state index contributed by atoms with van der Waals surface area (Å²) in [6.45, 7) is 5.74. The van der Waals surface area contributed by atoms with Gasteiger partial charge >= 0.3 is 0 Å². The molecule has 3 aromatic rings. The molecule has 1 heterocycles. The first kappa shape index (κ1) is 17.3. The minimum atomic E-state index is -3.64. The number of nitrogens with zero attached hydrogens (tertiary/aromatic N) is 2. The Balaban J connectivity index is 1.73. The molecule has 0 aliphatic carbocycles. The SMILES string of the molecule is Cc1ccc(-c2nnc(CNS(=O)(=O)c3ccc(C)c(C)c3)o2)cc1. The zero-order chi connectivity index (χ0) is 18.0. The van der Waals surface area contributed by atoms with Gasteiger partial charge in [-0.2, -0.15) is 0 Å².